The topological polar surface area (TPSA) is 73.0 Å². The Hall–Kier alpha value is -3.08. The SMILES string of the molecule is CN(c1ccc2c(n1)c1cn(C)nc1n2-c1ccc(C(F)(F)F)cc1)S(C)(=O)=O. The zero-order chi connectivity index (χ0) is 21.1. The molecule has 152 valence electrons. The van der Waals surface area contributed by atoms with Crippen molar-refractivity contribution in [2.75, 3.05) is 17.6 Å². The Kier molecular flexibility index (Phi) is 4.12. The minimum absolute atomic E-state index is 0.232. The number of sulfonamides is 1. The third kappa shape index (κ3) is 3.20. The maximum atomic E-state index is 12.9. The molecular formula is C18H16F3N5O2S. The van der Waals surface area contributed by atoms with Crippen LogP contribution >= 0.6 is 0 Å². The van der Waals surface area contributed by atoms with Crippen LogP contribution in [-0.4, -0.2) is 41.1 Å². The first-order chi connectivity index (χ1) is 13.5. The first-order valence-electron chi connectivity index (χ1n) is 8.43. The van der Waals surface area contributed by atoms with Crippen molar-refractivity contribution in [2.45, 2.75) is 6.18 Å². The van der Waals surface area contributed by atoms with Gasteiger partial charge in [0.05, 0.1) is 22.7 Å². The lowest BCUT2D eigenvalue weighted by molar-refractivity contribution is -0.137. The summed E-state index contributed by atoms with van der Waals surface area (Å²) in [6.07, 6.45) is -1.62. The lowest BCUT2D eigenvalue weighted by Crippen LogP contribution is -2.25. The third-order valence-corrected chi connectivity index (χ3v) is 5.83. The van der Waals surface area contributed by atoms with Gasteiger partial charge in [0.15, 0.2) is 5.65 Å². The van der Waals surface area contributed by atoms with Gasteiger partial charge in [-0.25, -0.2) is 13.4 Å². The van der Waals surface area contributed by atoms with Crippen molar-refractivity contribution < 1.29 is 21.6 Å². The molecule has 0 unspecified atom stereocenters. The summed E-state index contributed by atoms with van der Waals surface area (Å²) in [7, 11) is -0.383. The molecule has 0 bridgehead atoms. The van der Waals surface area contributed by atoms with Crippen molar-refractivity contribution in [2.24, 2.45) is 7.05 Å². The number of hydrogen-bond donors (Lipinski definition) is 0. The van der Waals surface area contributed by atoms with Crippen LogP contribution in [0.3, 0.4) is 0 Å². The zero-order valence-electron chi connectivity index (χ0n) is 15.6. The highest BCUT2D eigenvalue weighted by Crippen LogP contribution is 2.34. The fraction of sp³-hybridized carbons (Fsp3) is 0.222. The minimum atomic E-state index is -4.43. The zero-order valence-corrected chi connectivity index (χ0v) is 16.5. The number of aryl methyl sites for hydroxylation is 1. The highest BCUT2D eigenvalue weighted by Gasteiger charge is 2.30. The van der Waals surface area contributed by atoms with Crippen molar-refractivity contribution in [1.29, 1.82) is 0 Å². The molecule has 4 aromatic rings. The summed E-state index contributed by atoms with van der Waals surface area (Å²) in [4.78, 5) is 4.48. The van der Waals surface area contributed by atoms with E-state index < -0.39 is 21.8 Å². The second-order valence-electron chi connectivity index (χ2n) is 6.69. The van der Waals surface area contributed by atoms with E-state index in [9.17, 15) is 21.6 Å². The van der Waals surface area contributed by atoms with E-state index in [4.69, 9.17) is 0 Å². The Bertz CT molecular complexity index is 1340. The van der Waals surface area contributed by atoms with Gasteiger partial charge in [0.25, 0.3) is 0 Å². The summed E-state index contributed by atoms with van der Waals surface area (Å²) >= 11 is 0. The molecule has 4 rings (SSSR count). The second kappa shape index (κ2) is 6.21. The van der Waals surface area contributed by atoms with Gasteiger partial charge in [0.2, 0.25) is 10.0 Å². The fourth-order valence-corrected chi connectivity index (χ4v) is 3.59. The van der Waals surface area contributed by atoms with E-state index in [1.54, 1.807) is 34.6 Å². The number of nitrogens with zero attached hydrogens (tertiary/aromatic N) is 5. The first-order valence-corrected chi connectivity index (χ1v) is 10.3. The molecule has 0 N–H and O–H groups in total. The van der Waals surface area contributed by atoms with E-state index >= 15 is 0 Å². The summed E-state index contributed by atoms with van der Waals surface area (Å²) in [5, 5.41) is 5.07. The normalized spacial score (nSPS) is 12.8. The number of pyridine rings is 1. The molecule has 0 saturated heterocycles. The molecule has 3 heterocycles. The average molecular weight is 423 g/mol. The van der Waals surface area contributed by atoms with Gasteiger partial charge < -0.3 is 0 Å². The van der Waals surface area contributed by atoms with Gasteiger partial charge >= 0.3 is 6.18 Å². The molecule has 3 aromatic heterocycles. The van der Waals surface area contributed by atoms with Crippen molar-refractivity contribution in [3.63, 3.8) is 0 Å². The Morgan fingerprint density at radius 3 is 2.31 bits per heavy atom. The van der Waals surface area contributed by atoms with Gasteiger partial charge in [-0.2, -0.15) is 18.3 Å². The van der Waals surface area contributed by atoms with Crippen LogP contribution in [0.5, 0.6) is 0 Å². The van der Waals surface area contributed by atoms with Crippen LogP contribution in [0.2, 0.25) is 0 Å². The maximum Gasteiger partial charge on any atom is 0.416 e. The summed E-state index contributed by atoms with van der Waals surface area (Å²) in [6.45, 7) is 0. The summed E-state index contributed by atoms with van der Waals surface area (Å²) < 4.78 is 66.7. The molecule has 0 atom stereocenters. The predicted molar refractivity (Wildman–Crippen MR) is 104 cm³/mol. The van der Waals surface area contributed by atoms with E-state index in [1.807, 2.05) is 0 Å². The fourth-order valence-electron chi connectivity index (χ4n) is 3.15. The summed E-state index contributed by atoms with van der Waals surface area (Å²) in [5.41, 5.74) is 1.36. The van der Waals surface area contributed by atoms with E-state index in [1.165, 1.54) is 19.2 Å². The first kappa shape index (κ1) is 19.2. The second-order valence-corrected chi connectivity index (χ2v) is 8.70. The standard InChI is InChI=1S/C18H16F3N5O2S/c1-24-10-13-16-14(8-9-15(22-16)25(2)29(3,27)28)26(17(13)23-24)12-6-4-11(5-7-12)18(19,20)21/h4-10H,1-3H3. The largest absolute Gasteiger partial charge is 0.416 e. The predicted octanol–water partition coefficient (Wildman–Crippen LogP) is 3.33. The van der Waals surface area contributed by atoms with E-state index in [0.29, 0.717) is 27.8 Å². The van der Waals surface area contributed by atoms with E-state index in [2.05, 4.69) is 10.1 Å². The number of rotatable bonds is 3. The van der Waals surface area contributed by atoms with Crippen LogP contribution in [0.1, 0.15) is 5.56 Å². The molecule has 1 aromatic carbocycles. The van der Waals surface area contributed by atoms with Crippen LogP contribution in [0, 0.1) is 0 Å². The van der Waals surface area contributed by atoms with Crippen molar-refractivity contribution in [1.82, 2.24) is 19.3 Å². The van der Waals surface area contributed by atoms with E-state index in [0.717, 1.165) is 22.7 Å². The molecule has 0 saturated carbocycles. The highest BCUT2D eigenvalue weighted by atomic mass is 32.2. The number of alkyl halides is 3. The van der Waals surface area contributed by atoms with Crippen LogP contribution < -0.4 is 4.31 Å². The van der Waals surface area contributed by atoms with Crippen LogP contribution in [-0.2, 0) is 23.2 Å². The van der Waals surface area contributed by atoms with Crippen LogP contribution in [0.4, 0.5) is 19.0 Å². The number of halogens is 3. The van der Waals surface area contributed by atoms with Crippen molar-refractivity contribution >= 4 is 37.9 Å². The maximum absolute atomic E-state index is 12.9. The van der Waals surface area contributed by atoms with E-state index in [-0.39, 0.29) is 5.82 Å². The summed E-state index contributed by atoms with van der Waals surface area (Å²) in [5.74, 6) is 0.232. The Balaban J connectivity index is 1.96. The van der Waals surface area contributed by atoms with Gasteiger partial charge in [-0.05, 0) is 36.4 Å². The Morgan fingerprint density at radius 1 is 1.07 bits per heavy atom. The summed E-state index contributed by atoms with van der Waals surface area (Å²) in [6, 6.07) is 7.98. The lowest BCUT2D eigenvalue weighted by atomic mass is 10.2. The van der Waals surface area contributed by atoms with Gasteiger partial charge in [-0.1, -0.05) is 0 Å². The number of fused-ring (bicyclic) bond motifs is 3. The Morgan fingerprint density at radius 2 is 1.72 bits per heavy atom. The van der Waals surface area contributed by atoms with Gasteiger partial charge in [-0.3, -0.25) is 13.6 Å². The third-order valence-electron chi connectivity index (χ3n) is 4.65. The molecular weight excluding hydrogens is 407 g/mol. The minimum Gasteiger partial charge on any atom is -0.291 e. The lowest BCUT2D eigenvalue weighted by Gasteiger charge is -2.15. The average Bonchev–Trinajstić information content (AvgIpc) is 3.14. The molecule has 0 spiro atoms. The van der Waals surface area contributed by atoms with Crippen molar-refractivity contribution in [3.05, 3.63) is 48.2 Å². The highest BCUT2D eigenvalue weighted by molar-refractivity contribution is 7.92. The van der Waals surface area contributed by atoms with Gasteiger partial charge in [0.1, 0.15) is 11.3 Å². The Labute approximate surface area is 164 Å². The number of aromatic nitrogens is 4. The van der Waals surface area contributed by atoms with Crippen LogP contribution in [0.15, 0.2) is 42.6 Å². The molecule has 0 amide bonds. The molecule has 0 aliphatic rings. The molecule has 0 aliphatic carbocycles. The molecule has 0 radical (unpaired) electrons. The number of benzene rings is 1. The van der Waals surface area contributed by atoms with Crippen molar-refractivity contribution in [3.8, 4) is 5.69 Å². The quantitative estimate of drug-likeness (QED) is 0.507. The van der Waals surface area contributed by atoms with Gasteiger partial charge in [-0.15, -0.1) is 0 Å². The van der Waals surface area contributed by atoms with Gasteiger partial charge in [0, 0.05) is 26.0 Å². The number of hydrogen-bond acceptors (Lipinski definition) is 4. The molecule has 11 heteroatoms. The molecule has 0 aliphatic heterocycles. The number of anilines is 1. The molecule has 29 heavy (non-hydrogen) atoms. The molecule has 0 fully saturated rings. The smallest absolute Gasteiger partial charge is 0.291 e. The molecule has 7 nitrogen and oxygen atoms in total. The van der Waals surface area contributed by atoms with Crippen LogP contribution in [0.25, 0.3) is 27.8 Å². The monoisotopic (exact) mass is 423 g/mol.